The molecule has 0 bridgehead atoms. The Morgan fingerprint density at radius 2 is 2.45 bits per heavy atom. The van der Waals surface area contributed by atoms with E-state index in [1.807, 2.05) is 6.92 Å². The van der Waals surface area contributed by atoms with Gasteiger partial charge in [-0.3, -0.25) is 4.79 Å². The van der Waals surface area contributed by atoms with Gasteiger partial charge in [-0.15, -0.1) is 0 Å². The Labute approximate surface area is 66.7 Å². The summed E-state index contributed by atoms with van der Waals surface area (Å²) in [7, 11) is 0. The third-order valence-electron chi connectivity index (χ3n) is 1.87. The van der Waals surface area contributed by atoms with Crippen molar-refractivity contribution in [2.75, 3.05) is 6.61 Å². The molecule has 0 unspecified atom stereocenters. The molecule has 1 rings (SSSR count). The second kappa shape index (κ2) is 3.72. The predicted molar refractivity (Wildman–Crippen MR) is 40.2 cm³/mol. The van der Waals surface area contributed by atoms with Gasteiger partial charge < -0.3 is 9.47 Å². The van der Waals surface area contributed by atoms with Crippen molar-refractivity contribution in [1.82, 2.24) is 0 Å². The molecule has 0 aromatic carbocycles. The van der Waals surface area contributed by atoms with Crippen LogP contribution in [0.3, 0.4) is 0 Å². The third-order valence-corrected chi connectivity index (χ3v) is 1.87. The van der Waals surface area contributed by atoms with Crippen molar-refractivity contribution < 1.29 is 14.3 Å². The summed E-state index contributed by atoms with van der Waals surface area (Å²) in [5, 5.41) is 0. The lowest BCUT2D eigenvalue weighted by molar-refractivity contribution is -0.149. The lowest BCUT2D eigenvalue weighted by atomic mass is 10.1. The molecule has 1 aliphatic heterocycles. The molecule has 0 aromatic rings. The number of rotatable bonds is 2. The average molecular weight is 158 g/mol. The second-order valence-corrected chi connectivity index (χ2v) is 2.75. The Morgan fingerprint density at radius 1 is 1.73 bits per heavy atom. The predicted octanol–water partition coefficient (Wildman–Crippen LogP) is 1.12. The number of ether oxygens (including phenoxy) is 2. The summed E-state index contributed by atoms with van der Waals surface area (Å²) in [4.78, 5) is 10.6. The molecule has 0 radical (unpaired) electrons. The van der Waals surface area contributed by atoms with Crippen molar-refractivity contribution in [2.24, 2.45) is 0 Å². The fourth-order valence-electron chi connectivity index (χ4n) is 1.36. The maximum atomic E-state index is 10.6. The van der Waals surface area contributed by atoms with E-state index in [-0.39, 0.29) is 18.2 Å². The number of esters is 1. The summed E-state index contributed by atoms with van der Waals surface area (Å²) < 4.78 is 10.4. The van der Waals surface area contributed by atoms with E-state index < -0.39 is 0 Å². The van der Waals surface area contributed by atoms with E-state index in [4.69, 9.17) is 9.47 Å². The van der Waals surface area contributed by atoms with Crippen LogP contribution in [0.1, 0.15) is 26.7 Å². The highest BCUT2D eigenvalue weighted by atomic mass is 16.6. The van der Waals surface area contributed by atoms with Crippen LogP contribution < -0.4 is 0 Å². The minimum atomic E-state index is -0.209. The molecule has 11 heavy (non-hydrogen) atoms. The summed E-state index contributed by atoms with van der Waals surface area (Å²) in [6.07, 6.45) is 1.88. The molecule has 0 spiro atoms. The highest BCUT2D eigenvalue weighted by molar-refractivity contribution is 5.66. The maximum absolute atomic E-state index is 10.6. The summed E-state index contributed by atoms with van der Waals surface area (Å²) in [5.41, 5.74) is 0. The van der Waals surface area contributed by atoms with Crippen molar-refractivity contribution in [3.8, 4) is 0 Å². The fraction of sp³-hybridized carbons (Fsp3) is 0.875. The molecule has 0 amide bonds. The smallest absolute Gasteiger partial charge is 0.302 e. The van der Waals surface area contributed by atoms with Gasteiger partial charge in [0.1, 0.15) is 6.10 Å². The van der Waals surface area contributed by atoms with Crippen molar-refractivity contribution in [2.45, 2.75) is 38.9 Å². The SMILES string of the molecule is CC[C@@H]1OCC[C@H]1OC(C)=O. The maximum Gasteiger partial charge on any atom is 0.302 e. The van der Waals surface area contributed by atoms with Crippen molar-refractivity contribution in [1.29, 1.82) is 0 Å². The minimum Gasteiger partial charge on any atom is -0.460 e. The van der Waals surface area contributed by atoms with Crippen LogP contribution in [0, 0.1) is 0 Å². The van der Waals surface area contributed by atoms with Crippen molar-refractivity contribution in [3.05, 3.63) is 0 Å². The van der Waals surface area contributed by atoms with E-state index in [9.17, 15) is 4.79 Å². The first-order chi connectivity index (χ1) is 5.24. The lowest BCUT2D eigenvalue weighted by Crippen LogP contribution is -2.25. The van der Waals surface area contributed by atoms with E-state index >= 15 is 0 Å². The van der Waals surface area contributed by atoms with Crippen LogP contribution in [-0.2, 0) is 14.3 Å². The van der Waals surface area contributed by atoms with Crippen molar-refractivity contribution >= 4 is 5.97 Å². The van der Waals surface area contributed by atoms with E-state index in [0.717, 1.165) is 19.4 Å². The van der Waals surface area contributed by atoms with Crippen molar-refractivity contribution in [3.63, 3.8) is 0 Å². The molecule has 0 N–H and O–H groups in total. The van der Waals surface area contributed by atoms with Gasteiger partial charge in [0.25, 0.3) is 0 Å². The van der Waals surface area contributed by atoms with Gasteiger partial charge in [0.2, 0.25) is 0 Å². The first kappa shape index (κ1) is 8.53. The molecule has 0 aromatic heterocycles. The molecule has 3 heteroatoms. The number of carbonyl (C=O) groups excluding carboxylic acids is 1. The van der Waals surface area contributed by atoms with Crippen LogP contribution in [0.4, 0.5) is 0 Å². The Hall–Kier alpha value is -0.570. The molecule has 2 atom stereocenters. The molecule has 1 saturated heterocycles. The van der Waals surface area contributed by atoms with Gasteiger partial charge in [0, 0.05) is 13.3 Å². The molecule has 0 aliphatic carbocycles. The number of hydrogen-bond acceptors (Lipinski definition) is 3. The molecule has 1 heterocycles. The summed E-state index contributed by atoms with van der Waals surface area (Å²) in [6.45, 7) is 4.19. The Balaban J connectivity index is 2.37. The Kier molecular flexibility index (Phi) is 2.88. The zero-order valence-corrected chi connectivity index (χ0v) is 7.00. The van der Waals surface area contributed by atoms with Crippen LogP contribution in [0.25, 0.3) is 0 Å². The van der Waals surface area contributed by atoms with E-state index in [1.54, 1.807) is 0 Å². The first-order valence-corrected chi connectivity index (χ1v) is 4.03. The first-order valence-electron chi connectivity index (χ1n) is 4.03. The average Bonchev–Trinajstić information content (AvgIpc) is 2.34. The molecule has 3 nitrogen and oxygen atoms in total. The standard InChI is InChI=1S/C8H14O3/c1-3-7-8(4-5-10-7)11-6(2)9/h7-8H,3-5H2,1-2H3/t7-,8+/m0/s1. The molecule has 1 fully saturated rings. The molecule has 1 aliphatic rings. The largest absolute Gasteiger partial charge is 0.460 e. The fourth-order valence-corrected chi connectivity index (χ4v) is 1.36. The monoisotopic (exact) mass is 158 g/mol. The normalized spacial score (nSPS) is 30.4. The van der Waals surface area contributed by atoms with Gasteiger partial charge in [0.05, 0.1) is 12.7 Å². The van der Waals surface area contributed by atoms with Gasteiger partial charge in [-0.25, -0.2) is 0 Å². The van der Waals surface area contributed by atoms with E-state index in [2.05, 4.69) is 0 Å². The quantitative estimate of drug-likeness (QED) is 0.565. The molecule has 0 saturated carbocycles. The summed E-state index contributed by atoms with van der Waals surface area (Å²) >= 11 is 0. The van der Waals surface area contributed by atoms with Crippen LogP contribution in [-0.4, -0.2) is 24.8 Å². The number of hydrogen-bond donors (Lipinski definition) is 0. The topological polar surface area (TPSA) is 35.5 Å². The Morgan fingerprint density at radius 3 is 3.00 bits per heavy atom. The molecule has 64 valence electrons. The van der Waals surface area contributed by atoms with Crippen LogP contribution in [0.2, 0.25) is 0 Å². The van der Waals surface area contributed by atoms with Gasteiger partial charge in [-0.2, -0.15) is 0 Å². The lowest BCUT2D eigenvalue weighted by Gasteiger charge is -2.15. The summed E-state index contributed by atoms with van der Waals surface area (Å²) in [6, 6.07) is 0. The molecular weight excluding hydrogens is 144 g/mol. The Bertz CT molecular complexity index is 144. The van der Waals surface area contributed by atoms with Crippen LogP contribution >= 0.6 is 0 Å². The zero-order valence-electron chi connectivity index (χ0n) is 7.00. The van der Waals surface area contributed by atoms with Crippen LogP contribution in [0.15, 0.2) is 0 Å². The third kappa shape index (κ3) is 2.19. The van der Waals surface area contributed by atoms with Crippen LogP contribution in [0.5, 0.6) is 0 Å². The highest BCUT2D eigenvalue weighted by Crippen LogP contribution is 2.19. The zero-order chi connectivity index (χ0) is 8.27. The number of carbonyl (C=O) groups is 1. The van der Waals surface area contributed by atoms with Gasteiger partial charge in [-0.05, 0) is 6.42 Å². The van der Waals surface area contributed by atoms with Gasteiger partial charge >= 0.3 is 5.97 Å². The van der Waals surface area contributed by atoms with Gasteiger partial charge in [-0.1, -0.05) is 6.92 Å². The second-order valence-electron chi connectivity index (χ2n) is 2.75. The highest BCUT2D eigenvalue weighted by Gasteiger charge is 2.28. The minimum absolute atomic E-state index is 0.00231. The van der Waals surface area contributed by atoms with E-state index in [1.165, 1.54) is 6.92 Å². The van der Waals surface area contributed by atoms with E-state index in [0.29, 0.717) is 0 Å². The summed E-state index contributed by atoms with van der Waals surface area (Å²) in [5.74, 6) is -0.209. The molecular formula is C8H14O3. The van der Waals surface area contributed by atoms with Gasteiger partial charge in [0.15, 0.2) is 0 Å².